The van der Waals surface area contributed by atoms with Crippen molar-refractivity contribution in [1.82, 2.24) is 9.38 Å². The summed E-state index contributed by atoms with van der Waals surface area (Å²) in [6, 6.07) is 10.6. The molecule has 6 heteroatoms. The van der Waals surface area contributed by atoms with Gasteiger partial charge in [-0.2, -0.15) is 0 Å². The number of pyridine rings is 1. The molecule has 0 amide bonds. The maximum absolute atomic E-state index is 11.3. The molecule has 3 aromatic rings. The fourth-order valence-electron chi connectivity index (χ4n) is 2.19. The topological polar surface area (TPSA) is 63.8 Å². The van der Waals surface area contributed by atoms with E-state index in [0.717, 1.165) is 5.56 Å². The molecule has 2 aromatic heterocycles. The van der Waals surface area contributed by atoms with Gasteiger partial charge in [0.1, 0.15) is 12.4 Å². The van der Waals surface area contributed by atoms with Gasteiger partial charge in [0, 0.05) is 11.2 Å². The Balaban J connectivity index is 1.94. The molecule has 0 unspecified atom stereocenters. The van der Waals surface area contributed by atoms with E-state index in [2.05, 4.69) is 4.98 Å². The molecule has 0 spiro atoms. The number of halogens is 1. The van der Waals surface area contributed by atoms with Gasteiger partial charge in [-0.15, -0.1) is 0 Å². The summed E-state index contributed by atoms with van der Waals surface area (Å²) in [7, 11) is 0. The van der Waals surface area contributed by atoms with Crippen LogP contribution in [0.3, 0.4) is 0 Å². The van der Waals surface area contributed by atoms with Crippen molar-refractivity contribution in [1.29, 1.82) is 0 Å². The van der Waals surface area contributed by atoms with Crippen LogP contribution in [-0.4, -0.2) is 20.5 Å². The number of carboxylic acid groups (broad SMARTS) is 1. The summed E-state index contributed by atoms with van der Waals surface area (Å²) in [4.78, 5) is 15.5. The second-order valence-corrected chi connectivity index (χ2v) is 5.32. The minimum atomic E-state index is -1.06. The lowest BCUT2D eigenvalue weighted by molar-refractivity contribution is 0.0693. The van der Waals surface area contributed by atoms with Crippen LogP contribution in [0.25, 0.3) is 5.52 Å². The van der Waals surface area contributed by atoms with Gasteiger partial charge in [0.15, 0.2) is 11.5 Å². The lowest BCUT2D eigenvalue weighted by Gasteiger charge is -2.06. The molecule has 0 bridgehead atoms. The van der Waals surface area contributed by atoms with E-state index in [9.17, 15) is 9.90 Å². The summed E-state index contributed by atoms with van der Waals surface area (Å²) in [5.74, 6) is 0.121. The van der Waals surface area contributed by atoms with E-state index in [1.165, 1.54) is 0 Å². The normalized spacial score (nSPS) is 10.8. The zero-order valence-electron chi connectivity index (χ0n) is 11.8. The minimum Gasteiger partial charge on any atom is -0.486 e. The van der Waals surface area contributed by atoms with Gasteiger partial charge < -0.3 is 9.84 Å². The fourth-order valence-corrected chi connectivity index (χ4v) is 2.32. The molecule has 0 saturated heterocycles. The third-order valence-corrected chi connectivity index (χ3v) is 3.49. The standard InChI is InChI=1S/C16H13ClN2O3/c1-10-2-7-13-15(16(20)21)18-14(19(13)8-10)9-22-12-5-3-11(17)4-6-12/h2-8H,9H2,1H3,(H,20,21). The lowest BCUT2D eigenvalue weighted by atomic mass is 10.2. The molecule has 5 nitrogen and oxygen atoms in total. The highest BCUT2D eigenvalue weighted by atomic mass is 35.5. The van der Waals surface area contributed by atoms with Crippen molar-refractivity contribution in [3.63, 3.8) is 0 Å². The van der Waals surface area contributed by atoms with Crippen LogP contribution in [0.15, 0.2) is 42.6 Å². The maximum Gasteiger partial charge on any atom is 0.356 e. The number of hydrogen-bond acceptors (Lipinski definition) is 3. The van der Waals surface area contributed by atoms with Crippen LogP contribution in [0.1, 0.15) is 21.9 Å². The minimum absolute atomic E-state index is 0.0229. The second kappa shape index (κ2) is 5.69. The van der Waals surface area contributed by atoms with E-state index in [0.29, 0.717) is 22.1 Å². The van der Waals surface area contributed by atoms with Crippen LogP contribution >= 0.6 is 11.6 Å². The Morgan fingerprint density at radius 3 is 2.68 bits per heavy atom. The van der Waals surface area contributed by atoms with E-state index < -0.39 is 5.97 Å². The molecule has 2 heterocycles. The first-order valence-corrected chi connectivity index (χ1v) is 7.01. The Morgan fingerprint density at radius 1 is 1.27 bits per heavy atom. The number of aromatic carboxylic acids is 1. The van der Waals surface area contributed by atoms with Crippen molar-refractivity contribution >= 4 is 23.1 Å². The summed E-state index contributed by atoms with van der Waals surface area (Å²) in [6.45, 7) is 2.10. The predicted octanol–water partition coefficient (Wildman–Crippen LogP) is 3.57. The van der Waals surface area contributed by atoms with Crippen molar-refractivity contribution in [3.05, 3.63) is 64.7 Å². The monoisotopic (exact) mass is 316 g/mol. The van der Waals surface area contributed by atoms with E-state index in [1.54, 1.807) is 34.7 Å². The molecule has 0 aliphatic carbocycles. The number of fused-ring (bicyclic) bond motifs is 1. The number of benzene rings is 1. The number of hydrogen-bond donors (Lipinski definition) is 1. The average molecular weight is 317 g/mol. The third kappa shape index (κ3) is 2.76. The van der Waals surface area contributed by atoms with Gasteiger partial charge in [-0.05, 0) is 42.8 Å². The Bertz CT molecular complexity index is 840. The van der Waals surface area contributed by atoms with E-state index in [4.69, 9.17) is 16.3 Å². The molecule has 0 saturated carbocycles. The highest BCUT2D eigenvalue weighted by Crippen LogP contribution is 2.19. The van der Waals surface area contributed by atoms with Crippen LogP contribution in [0, 0.1) is 6.92 Å². The van der Waals surface area contributed by atoms with Gasteiger partial charge in [-0.25, -0.2) is 9.78 Å². The van der Waals surface area contributed by atoms with Gasteiger partial charge in [0.05, 0.1) is 5.52 Å². The first kappa shape index (κ1) is 14.4. The molecule has 1 aromatic carbocycles. The third-order valence-electron chi connectivity index (χ3n) is 3.24. The number of aryl methyl sites for hydroxylation is 1. The molecule has 3 rings (SSSR count). The van der Waals surface area contributed by atoms with Gasteiger partial charge in [-0.1, -0.05) is 17.7 Å². The molecule has 0 aliphatic heterocycles. The van der Waals surface area contributed by atoms with E-state index in [1.807, 2.05) is 19.2 Å². The molecule has 112 valence electrons. The molecule has 0 radical (unpaired) electrons. The van der Waals surface area contributed by atoms with Crippen LogP contribution in [0.2, 0.25) is 5.02 Å². The van der Waals surface area contributed by atoms with E-state index >= 15 is 0 Å². The Labute approximate surface area is 131 Å². The number of nitrogens with zero attached hydrogens (tertiary/aromatic N) is 2. The van der Waals surface area contributed by atoms with Crippen LogP contribution in [0.5, 0.6) is 5.75 Å². The number of imidazole rings is 1. The highest BCUT2D eigenvalue weighted by molar-refractivity contribution is 6.30. The molecular formula is C16H13ClN2O3. The smallest absolute Gasteiger partial charge is 0.356 e. The second-order valence-electron chi connectivity index (χ2n) is 4.89. The Hall–Kier alpha value is -2.53. The fraction of sp³-hybridized carbons (Fsp3) is 0.125. The first-order valence-electron chi connectivity index (χ1n) is 6.64. The Morgan fingerprint density at radius 2 is 2.00 bits per heavy atom. The predicted molar refractivity (Wildman–Crippen MR) is 82.7 cm³/mol. The summed E-state index contributed by atoms with van der Waals surface area (Å²) in [5.41, 5.74) is 1.58. The number of carboxylic acids is 1. The zero-order chi connectivity index (χ0) is 15.7. The molecule has 1 N–H and O–H groups in total. The lowest BCUT2D eigenvalue weighted by Crippen LogP contribution is -2.01. The van der Waals surface area contributed by atoms with Crippen molar-refractivity contribution in [2.75, 3.05) is 0 Å². The average Bonchev–Trinajstić information content (AvgIpc) is 2.85. The maximum atomic E-state index is 11.3. The Kier molecular flexibility index (Phi) is 3.73. The number of carbonyl (C=O) groups is 1. The van der Waals surface area contributed by atoms with Crippen LogP contribution in [0.4, 0.5) is 0 Å². The molecule has 0 atom stereocenters. The van der Waals surface area contributed by atoms with Crippen LogP contribution < -0.4 is 4.74 Å². The number of ether oxygens (including phenoxy) is 1. The quantitative estimate of drug-likeness (QED) is 0.799. The zero-order valence-corrected chi connectivity index (χ0v) is 12.5. The van der Waals surface area contributed by atoms with Crippen molar-refractivity contribution in [2.24, 2.45) is 0 Å². The van der Waals surface area contributed by atoms with Gasteiger partial charge >= 0.3 is 5.97 Å². The largest absolute Gasteiger partial charge is 0.486 e. The summed E-state index contributed by atoms with van der Waals surface area (Å²) in [6.07, 6.45) is 1.84. The van der Waals surface area contributed by atoms with Crippen molar-refractivity contribution in [2.45, 2.75) is 13.5 Å². The SMILES string of the molecule is Cc1ccc2c(C(=O)O)nc(COc3ccc(Cl)cc3)n2c1. The first-order chi connectivity index (χ1) is 10.5. The molecule has 0 fully saturated rings. The van der Waals surface area contributed by atoms with Crippen molar-refractivity contribution in [3.8, 4) is 5.75 Å². The molecule has 0 aliphatic rings. The number of rotatable bonds is 4. The van der Waals surface area contributed by atoms with E-state index in [-0.39, 0.29) is 12.3 Å². The van der Waals surface area contributed by atoms with Gasteiger partial charge in [0.25, 0.3) is 0 Å². The number of aromatic nitrogens is 2. The summed E-state index contributed by atoms with van der Waals surface area (Å²) < 4.78 is 7.40. The highest BCUT2D eigenvalue weighted by Gasteiger charge is 2.16. The van der Waals surface area contributed by atoms with Gasteiger partial charge in [-0.3, -0.25) is 4.40 Å². The van der Waals surface area contributed by atoms with Crippen molar-refractivity contribution < 1.29 is 14.6 Å². The van der Waals surface area contributed by atoms with Crippen LogP contribution in [-0.2, 0) is 6.61 Å². The molecule has 22 heavy (non-hydrogen) atoms. The summed E-state index contributed by atoms with van der Waals surface area (Å²) in [5, 5.41) is 9.88. The summed E-state index contributed by atoms with van der Waals surface area (Å²) >= 11 is 5.83. The van der Waals surface area contributed by atoms with Gasteiger partial charge in [0.2, 0.25) is 0 Å². The molecular weight excluding hydrogens is 304 g/mol.